The van der Waals surface area contributed by atoms with Crippen LogP contribution in [0.25, 0.3) is 11.1 Å². The third kappa shape index (κ3) is 2.66. The van der Waals surface area contributed by atoms with Crippen LogP contribution in [0.5, 0.6) is 0 Å². The van der Waals surface area contributed by atoms with Gasteiger partial charge in [-0.15, -0.1) is 0 Å². The average molecular weight is 357 g/mol. The van der Waals surface area contributed by atoms with E-state index in [1.807, 2.05) is 13.8 Å². The average Bonchev–Trinajstić information content (AvgIpc) is 3.22. The summed E-state index contributed by atoms with van der Waals surface area (Å²) in [6, 6.07) is 1.00. The molecule has 138 valence electrons. The van der Waals surface area contributed by atoms with Crippen LogP contribution in [-0.4, -0.2) is 44.1 Å². The summed E-state index contributed by atoms with van der Waals surface area (Å²) in [5.74, 6) is -0.747. The summed E-state index contributed by atoms with van der Waals surface area (Å²) in [5, 5.41) is 14.4. The molecule has 2 aromatic rings. The first-order chi connectivity index (χ1) is 12.5. The van der Waals surface area contributed by atoms with E-state index in [4.69, 9.17) is 4.52 Å². The Bertz CT molecular complexity index is 860. The van der Waals surface area contributed by atoms with Crippen molar-refractivity contribution in [2.24, 2.45) is 5.92 Å². The molecule has 1 aliphatic heterocycles. The van der Waals surface area contributed by atoms with Crippen LogP contribution in [0.15, 0.2) is 16.8 Å². The fourth-order valence-corrected chi connectivity index (χ4v) is 4.51. The number of aromatic nitrogens is 2. The maximum absolute atomic E-state index is 13.2. The molecular weight excluding hydrogens is 334 g/mol. The van der Waals surface area contributed by atoms with Crippen LogP contribution in [0.2, 0.25) is 0 Å². The zero-order valence-corrected chi connectivity index (χ0v) is 15.0. The van der Waals surface area contributed by atoms with Crippen molar-refractivity contribution < 1.29 is 19.2 Å². The number of hydrogen-bond acceptors (Lipinski definition) is 5. The minimum atomic E-state index is -0.922. The van der Waals surface area contributed by atoms with Crippen LogP contribution in [0.1, 0.15) is 67.9 Å². The Morgan fingerprint density at radius 1 is 1.31 bits per heavy atom. The van der Waals surface area contributed by atoms with Gasteiger partial charge < -0.3 is 14.5 Å². The molecule has 26 heavy (non-hydrogen) atoms. The first-order valence-electron chi connectivity index (χ1n) is 9.28. The van der Waals surface area contributed by atoms with Crippen molar-refractivity contribution in [1.29, 1.82) is 0 Å². The molecule has 0 aromatic carbocycles. The summed E-state index contributed by atoms with van der Waals surface area (Å²) in [4.78, 5) is 30.8. The van der Waals surface area contributed by atoms with E-state index in [2.05, 4.69) is 10.1 Å². The molecule has 1 saturated heterocycles. The summed E-state index contributed by atoms with van der Waals surface area (Å²) in [5.41, 5.74) is 1.56. The van der Waals surface area contributed by atoms with E-state index in [1.165, 1.54) is 6.20 Å². The van der Waals surface area contributed by atoms with E-state index in [-0.39, 0.29) is 23.8 Å². The predicted octanol–water partition coefficient (Wildman–Crippen LogP) is 3.20. The van der Waals surface area contributed by atoms with E-state index in [9.17, 15) is 14.7 Å². The number of nitrogens with zero attached hydrogens (tertiary/aromatic N) is 3. The van der Waals surface area contributed by atoms with E-state index < -0.39 is 12.0 Å². The van der Waals surface area contributed by atoms with Gasteiger partial charge in [-0.1, -0.05) is 31.8 Å². The van der Waals surface area contributed by atoms with E-state index in [0.717, 1.165) is 36.8 Å². The number of carbonyl (C=O) groups is 2. The highest BCUT2D eigenvalue weighted by molar-refractivity contribution is 5.99. The number of amides is 1. The smallest absolute Gasteiger partial charge is 0.326 e. The lowest BCUT2D eigenvalue weighted by Gasteiger charge is -2.33. The first kappa shape index (κ1) is 17.0. The number of pyridine rings is 1. The molecule has 4 rings (SSSR count). The second-order valence-corrected chi connectivity index (χ2v) is 7.71. The minimum absolute atomic E-state index is 0.0140. The topological polar surface area (TPSA) is 96.5 Å². The lowest BCUT2D eigenvalue weighted by atomic mass is 9.84. The van der Waals surface area contributed by atoms with Gasteiger partial charge in [-0.2, -0.15) is 0 Å². The number of carboxylic acid groups (broad SMARTS) is 1. The summed E-state index contributed by atoms with van der Waals surface area (Å²) in [6.07, 6.45) is 6.04. The van der Waals surface area contributed by atoms with Gasteiger partial charge in [-0.25, -0.2) is 9.78 Å². The normalized spacial score (nSPS) is 25.7. The van der Waals surface area contributed by atoms with Gasteiger partial charge in [-0.05, 0) is 37.2 Å². The van der Waals surface area contributed by atoms with Crippen molar-refractivity contribution in [2.45, 2.75) is 64.0 Å². The third-order valence-corrected chi connectivity index (χ3v) is 5.76. The molecule has 7 nitrogen and oxygen atoms in total. The SMILES string of the molecule is CC(C)c1noc2ncc(C(=O)N3C(C(=O)O)CC4CCCCC43)cc12. The Hall–Kier alpha value is -2.44. The molecule has 0 spiro atoms. The molecule has 1 aliphatic carbocycles. The van der Waals surface area contributed by atoms with Crippen LogP contribution in [-0.2, 0) is 4.79 Å². The van der Waals surface area contributed by atoms with Gasteiger partial charge in [-0.3, -0.25) is 4.79 Å². The molecule has 2 fully saturated rings. The van der Waals surface area contributed by atoms with Crippen molar-refractivity contribution in [3.05, 3.63) is 23.5 Å². The monoisotopic (exact) mass is 357 g/mol. The molecule has 7 heteroatoms. The number of aliphatic carboxylic acids is 1. The molecule has 0 bridgehead atoms. The molecular formula is C19H23N3O4. The van der Waals surface area contributed by atoms with Gasteiger partial charge in [0.25, 0.3) is 11.6 Å². The van der Waals surface area contributed by atoms with Crippen LogP contribution in [0, 0.1) is 5.92 Å². The molecule has 3 unspecified atom stereocenters. The van der Waals surface area contributed by atoms with Crippen molar-refractivity contribution >= 4 is 23.0 Å². The van der Waals surface area contributed by atoms with E-state index in [0.29, 0.717) is 17.7 Å². The van der Waals surface area contributed by atoms with Gasteiger partial charge in [0, 0.05) is 12.2 Å². The molecule has 3 heterocycles. The van der Waals surface area contributed by atoms with Crippen molar-refractivity contribution in [3.8, 4) is 0 Å². The molecule has 1 amide bonds. The van der Waals surface area contributed by atoms with Crippen LogP contribution in [0.3, 0.4) is 0 Å². The molecule has 2 aromatic heterocycles. The van der Waals surface area contributed by atoms with Crippen molar-refractivity contribution in [3.63, 3.8) is 0 Å². The summed E-state index contributed by atoms with van der Waals surface area (Å²) < 4.78 is 5.24. The van der Waals surface area contributed by atoms with Gasteiger partial charge in [0.05, 0.1) is 16.6 Å². The Morgan fingerprint density at radius 3 is 2.81 bits per heavy atom. The third-order valence-electron chi connectivity index (χ3n) is 5.76. The summed E-state index contributed by atoms with van der Waals surface area (Å²) in [6.45, 7) is 4.00. The van der Waals surface area contributed by atoms with Gasteiger partial charge in [0.15, 0.2) is 0 Å². The molecule has 1 N–H and O–H groups in total. The molecule has 1 saturated carbocycles. The van der Waals surface area contributed by atoms with E-state index in [1.54, 1.807) is 11.0 Å². The highest BCUT2D eigenvalue weighted by Gasteiger charge is 2.47. The second kappa shape index (κ2) is 6.37. The largest absolute Gasteiger partial charge is 0.480 e. The van der Waals surface area contributed by atoms with Gasteiger partial charge in [0.2, 0.25) is 0 Å². The quantitative estimate of drug-likeness (QED) is 0.906. The molecule has 3 atom stereocenters. The number of likely N-dealkylation sites (tertiary alicyclic amines) is 1. The number of hydrogen-bond donors (Lipinski definition) is 1. The molecule has 2 aliphatic rings. The maximum atomic E-state index is 13.2. The van der Waals surface area contributed by atoms with Crippen LogP contribution >= 0.6 is 0 Å². The van der Waals surface area contributed by atoms with Crippen molar-refractivity contribution in [2.75, 3.05) is 0 Å². The van der Waals surface area contributed by atoms with Crippen molar-refractivity contribution in [1.82, 2.24) is 15.0 Å². The summed E-state index contributed by atoms with van der Waals surface area (Å²) in [7, 11) is 0. The van der Waals surface area contributed by atoms with Crippen LogP contribution < -0.4 is 0 Å². The Morgan fingerprint density at radius 2 is 2.08 bits per heavy atom. The zero-order chi connectivity index (χ0) is 18.4. The Kier molecular flexibility index (Phi) is 4.17. The Labute approximate surface area is 151 Å². The predicted molar refractivity (Wildman–Crippen MR) is 93.8 cm³/mol. The standard InChI is InChI=1S/C19H23N3O4/c1-10(2)16-13-7-12(9-20-17(13)26-21-16)18(23)22-14-6-4-3-5-11(14)8-15(22)19(24)25/h7,9-11,14-15H,3-6,8H2,1-2H3,(H,24,25). The van der Waals surface area contributed by atoms with Gasteiger partial charge >= 0.3 is 5.97 Å². The lowest BCUT2D eigenvalue weighted by Crippen LogP contribution is -2.46. The molecule has 0 radical (unpaired) electrons. The number of fused-ring (bicyclic) bond motifs is 2. The Balaban J connectivity index is 1.72. The van der Waals surface area contributed by atoms with Crippen LogP contribution in [0.4, 0.5) is 0 Å². The highest BCUT2D eigenvalue weighted by atomic mass is 16.5. The summed E-state index contributed by atoms with van der Waals surface area (Å²) >= 11 is 0. The van der Waals surface area contributed by atoms with Gasteiger partial charge in [0.1, 0.15) is 6.04 Å². The minimum Gasteiger partial charge on any atom is -0.480 e. The maximum Gasteiger partial charge on any atom is 0.326 e. The van der Waals surface area contributed by atoms with E-state index >= 15 is 0 Å². The first-order valence-corrected chi connectivity index (χ1v) is 9.28. The fourth-order valence-electron chi connectivity index (χ4n) is 4.51. The number of carboxylic acids is 1. The highest BCUT2D eigenvalue weighted by Crippen LogP contribution is 2.40. The zero-order valence-electron chi connectivity index (χ0n) is 15.0. The number of carbonyl (C=O) groups excluding carboxylic acids is 1. The lowest BCUT2D eigenvalue weighted by molar-refractivity contribution is -0.141. The number of rotatable bonds is 3. The second-order valence-electron chi connectivity index (χ2n) is 7.71. The fraction of sp³-hybridized carbons (Fsp3) is 0.579.